The lowest BCUT2D eigenvalue weighted by atomic mass is 10.0. The second-order valence-electron chi connectivity index (χ2n) is 4.77. The van der Waals surface area contributed by atoms with Gasteiger partial charge in [-0.3, -0.25) is 9.58 Å². The molecule has 0 spiro atoms. The molecule has 1 aliphatic rings. The normalized spacial score (nSPS) is 22.6. The number of piperidine rings is 1. The maximum absolute atomic E-state index is 5.83. The average molecular weight is 222 g/mol. The molecule has 0 amide bonds. The molecule has 1 aromatic heterocycles. The van der Waals surface area contributed by atoms with Gasteiger partial charge in [-0.05, 0) is 26.3 Å². The summed E-state index contributed by atoms with van der Waals surface area (Å²) in [5, 5.41) is 4.39. The van der Waals surface area contributed by atoms with E-state index in [-0.39, 0.29) is 0 Å². The van der Waals surface area contributed by atoms with Crippen molar-refractivity contribution < 1.29 is 0 Å². The summed E-state index contributed by atoms with van der Waals surface area (Å²) in [4.78, 5) is 2.51. The molecule has 0 radical (unpaired) electrons. The summed E-state index contributed by atoms with van der Waals surface area (Å²) < 4.78 is 1.89. The first kappa shape index (κ1) is 11.6. The zero-order valence-electron chi connectivity index (χ0n) is 10.3. The van der Waals surface area contributed by atoms with Crippen molar-refractivity contribution in [2.75, 3.05) is 13.1 Å². The Morgan fingerprint density at radius 1 is 1.50 bits per heavy atom. The first-order valence-corrected chi connectivity index (χ1v) is 6.14. The second kappa shape index (κ2) is 4.97. The van der Waals surface area contributed by atoms with Crippen molar-refractivity contribution in [2.24, 2.45) is 12.8 Å². The SMILES string of the molecule is Cc1nn(C)cc1CN1CCCCC1CN. The van der Waals surface area contributed by atoms with E-state index in [9.17, 15) is 0 Å². The van der Waals surface area contributed by atoms with Crippen LogP contribution in [0.1, 0.15) is 30.5 Å². The van der Waals surface area contributed by atoms with E-state index in [1.807, 2.05) is 11.7 Å². The molecule has 2 heterocycles. The Hall–Kier alpha value is -0.870. The lowest BCUT2D eigenvalue weighted by Crippen LogP contribution is -2.43. The average Bonchev–Trinajstić information content (AvgIpc) is 2.58. The lowest BCUT2D eigenvalue weighted by molar-refractivity contribution is 0.144. The summed E-state index contributed by atoms with van der Waals surface area (Å²) in [6, 6.07) is 0.563. The highest BCUT2D eigenvalue weighted by molar-refractivity contribution is 5.15. The van der Waals surface area contributed by atoms with Crippen LogP contribution >= 0.6 is 0 Å². The van der Waals surface area contributed by atoms with Crippen LogP contribution in [0.25, 0.3) is 0 Å². The molecule has 0 aliphatic carbocycles. The van der Waals surface area contributed by atoms with Crippen LogP contribution in [0, 0.1) is 6.92 Å². The summed E-state index contributed by atoms with van der Waals surface area (Å²) in [5.74, 6) is 0. The third-order valence-electron chi connectivity index (χ3n) is 3.51. The highest BCUT2D eigenvalue weighted by Crippen LogP contribution is 2.19. The number of aryl methyl sites for hydroxylation is 2. The Morgan fingerprint density at radius 3 is 2.94 bits per heavy atom. The monoisotopic (exact) mass is 222 g/mol. The van der Waals surface area contributed by atoms with Crippen LogP contribution in [0.3, 0.4) is 0 Å². The molecule has 2 rings (SSSR count). The topological polar surface area (TPSA) is 47.1 Å². The summed E-state index contributed by atoms with van der Waals surface area (Å²) in [6.45, 7) is 5.04. The van der Waals surface area contributed by atoms with E-state index in [1.54, 1.807) is 0 Å². The number of likely N-dealkylation sites (tertiary alicyclic amines) is 1. The molecule has 0 bridgehead atoms. The van der Waals surface area contributed by atoms with Gasteiger partial charge in [-0.2, -0.15) is 5.10 Å². The molecule has 16 heavy (non-hydrogen) atoms. The predicted octanol–water partition coefficient (Wildman–Crippen LogP) is 1.04. The van der Waals surface area contributed by atoms with Crippen LogP contribution in [0.4, 0.5) is 0 Å². The smallest absolute Gasteiger partial charge is 0.0638 e. The Labute approximate surface area is 97.4 Å². The molecule has 1 saturated heterocycles. The number of rotatable bonds is 3. The Morgan fingerprint density at radius 2 is 2.31 bits per heavy atom. The van der Waals surface area contributed by atoms with E-state index in [2.05, 4.69) is 23.1 Å². The van der Waals surface area contributed by atoms with Crippen LogP contribution in [-0.4, -0.2) is 33.8 Å². The quantitative estimate of drug-likeness (QED) is 0.831. The van der Waals surface area contributed by atoms with Gasteiger partial charge in [0, 0.05) is 37.9 Å². The van der Waals surface area contributed by atoms with Gasteiger partial charge in [0.25, 0.3) is 0 Å². The third-order valence-corrected chi connectivity index (χ3v) is 3.51. The minimum absolute atomic E-state index is 0.563. The summed E-state index contributed by atoms with van der Waals surface area (Å²) in [7, 11) is 1.98. The molecule has 0 saturated carbocycles. The van der Waals surface area contributed by atoms with Gasteiger partial charge in [0.15, 0.2) is 0 Å². The minimum atomic E-state index is 0.563. The van der Waals surface area contributed by atoms with Crippen molar-refractivity contribution in [2.45, 2.75) is 38.8 Å². The van der Waals surface area contributed by atoms with Crippen LogP contribution in [-0.2, 0) is 13.6 Å². The first-order chi connectivity index (χ1) is 7.70. The molecular formula is C12H22N4. The maximum Gasteiger partial charge on any atom is 0.0638 e. The van der Waals surface area contributed by atoms with E-state index < -0.39 is 0 Å². The molecule has 1 atom stereocenters. The molecule has 1 unspecified atom stereocenters. The Bertz CT molecular complexity index is 345. The number of hydrogen-bond donors (Lipinski definition) is 1. The van der Waals surface area contributed by atoms with Gasteiger partial charge in [-0.1, -0.05) is 6.42 Å². The van der Waals surface area contributed by atoms with E-state index in [1.165, 1.54) is 31.4 Å². The summed E-state index contributed by atoms with van der Waals surface area (Å²) >= 11 is 0. The van der Waals surface area contributed by atoms with Crippen molar-refractivity contribution in [1.82, 2.24) is 14.7 Å². The largest absolute Gasteiger partial charge is 0.329 e. The molecule has 1 aromatic rings. The van der Waals surface area contributed by atoms with Gasteiger partial charge in [0.05, 0.1) is 5.69 Å². The highest BCUT2D eigenvalue weighted by Gasteiger charge is 2.21. The molecular weight excluding hydrogens is 200 g/mol. The first-order valence-electron chi connectivity index (χ1n) is 6.14. The predicted molar refractivity (Wildman–Crippen MR) is 65.0 cm³/mol. The van der Waals surface area contributed by atoms with Gasteiger partial charge in [-0.25, -0.2) is 0 Å². The van der Waals surface area contributed by atoms with Gasteiger partial charge in [0.2, 0.25) is 0 Å². The van der Waals surface area contributed by atoms with Crippen molar-refractivity contribution in [3.8, 4) is 0 Å². The van der Waals surface area contributed by atoms with Crippen LogP contribution < -0.4 is 5.73 Å². The standard InChI is InChI=1S/C12H22N4/c1-10-11(8-15(2)14-10)9-16-6-4-3-5-12(16)7-13/h8,12H,3-7,9,13H2,1-2H3. The molecule has 0 aromatic carbocycles. The Balaban J connectivity index is 2.04. The van der Waals surface area contributed by atoms with E-state index in [0.717, 1.165) is 18.8 Å². The number of nitrogens with zero attached hydrogens (tertiary/aromatic N) is 3. The van der Waals surface area contributed by atoms with Crippen LogP contribution in [0.5, 0.6) is 0 Å². The molecule has 1 aliphatic heterocycles. The molecule has 2 N–H and O–H groups in total. The van der Waals surface area contributed by atoms with Gasteiger partial charge >= 0.3 is 0 Å². The lowest BCUT2D eigenvalue weighted by Gasteiger charge is -2.34. The zero-order chi connectivity index (χ0) is 11.5. The molecule has 1 fully saturated rings. The van der Waals surface area contributed by atoms with Crippen LogP contribution in [0.2, 0.25) is 0 Å². The van der Waals surface area contributed by atoms with Gasteiger partial charge in [-0.15, -0.1) is 0 Å². The second-order valence-corrected chi connectivity index (χ2v) is 4.77. The van der Waals surface area contributed by atoms with Crippen molar-refractivity contribution in [3.63, 3.8) is 0 Å². The fourth-order valence-corrected chi connectivity index (χ4v) is 2.56. The van der Waals surface area contributed by atoms with E-state index in [0.29, 0.717) is 6.04 Å². The van der Waals surface area contributed by atoms with E-state index >= 15 is 0 Å². The van der Waals surface area contributed by atoms with Gasteiger partial charge < -0.3 is 5.73 Å². The Kier molecular flexibility index (Phi) is 3.61. The van der Waals surface area contributed by atoms with E-state index in [4.69, 9.17) is 5.73 Å². The summed E-state index contributed by atoms with van der Waals surface area (Å²) in [6.07, 6.45) is 5.99. The third kappa shape index (κ3) is 2.44. The van der Waals surface area contributed by atoms with Gasteiger partial charge in [0.1, 0.15) is 0 Å². The molecule has 4 heteroatoms. The fraction of sp³-hybridized carbons (Fsp3) is 0.750. The minimum Gasteiger partial charge on any atom is -0.329 e. The maximum atomic E-state index is 5.83. The van der Waals surface area contributed by atoms with Crippen molar-refractivity contribution >= 4 is 0 Å². The fourth-order valence-electron chi connectivity index (χ4n) is 2.56. The molecule has 4 nitrogen and oxygen atoms in total. The van der Waals surface area contributed by atoms with Crippen molar-refractivity contribution in [3.05, 3.63) is 17.5 Å². The number of hydrogen-bond acceptors (Lipinski definition) is 3. The van der Waals surface area contributed by atoms with Crippen LogP contribution in [0.15, 0.2) is 6.20 Å². The number of aromatic nitrogens is 2. The summed E-state index contributed by atoms with van der Waals surface area (Å²) in [5.41, 5.74) is 8.31. The zero-order valence-corrected chi connectivity index (χ0v) is 10.3. The number of nitrogens with two attached hydrogens (primary N) is 1. The highest BCUT2D eigenvalue weighted by atomic mass is 15.3. The molecule has 90 valence electrons. The van der Waals surface area contributed by atoms with Crippen molar-refractivity contribution in [1.29, 1.82) is 0 Å².